The molecule has 2 atom stereocenters. The van der Waals surface area contributed by atoms with Crippen LogP contribution in [0.25, 0.3) is 0 Å². The minimum atomic E-state index is -3.40. The van der Waals surface area contributed by atoms with Crippen LogP contribution in [0.1, 0.15) is 35.3 Å². The van der Waals surface area contributed by atoms with Crippen molar-refractivity contribution in [1.82, 2.24) is 10.2 Å². The van der Waals surface area contributed by atoms with E-state index >= 15 is 0 Å². The van der Waals surface area contributed by atoms with Crippen molar-refractivity contribution >= 4 is 28.2 Å². The van der Waals surface area contributed by atoms with Gasteiger partial charge in [0.1, 0.15) is 0 Å². The number of hydrogen-bond donors (Lipinski definition) is 1. The first kappa shape index (κ1) is 22.4. The molecule has 1 saturated heterocycles. The van der Waals surface area contributed by atoms with Crippen LogP contribution in [0.2, 0.25) is 0 Å². The molecule has 0 saturated carbocycles. The molecule has 2 aromatic rings. The number of halogens is 1. The van der Waals surface area contributed by atoms with Gasteiger partial charge in [-0.1, -0.05) is 29.8 Å². The number of carbonyl (C=O) groups excluding carboxylic acids is 1. The number of amides is 1. The number of nitrogens with zero attached hydrogens (tertiary/aromatic N) is 1. The van der Waals surface area contributed by atoms with E-state index in [4.69, 9.17) is 0 Å². The molecule has 0 spiro atoms. The van der Waals surface area contributed by atoms with Gasteiger partial charge in [0.2, 0.25) is 0 Å². The summed E-state index contributed by atoms with van der Waals surface area (Å²) < 4.78 is 25.2. The van der Waals surface area contributed by atoms with Crippen LogP contribution in [-0.4, -0.2) is 44.4 Å². The summed E-state index contributed by atoms with van der Waals surface area (Å²) in [4.78, 5) is 15.0. The molecule has 0 bridgehead atoms. The van der Waals surface area contributed by atoms with E-state index in [9.17, 15) is 13.2 Å². The molecule has 1 heterocycles. The average Bonchev–Trinajstić information content (AvgIpc) is 2.64. The fraction of sp³-hybridized carbons (Fsp3) is 0.381. The Kier molecular flexibility index (Phi) is 7.26. The summed E-state index contributed by atoms with van der Waals surface area (Å²) in [6.45, 7) is 7.49. The molecule has 1 aliphatic rings. The topological polar surface area (TPSA) is 66.5 Å². The minimum Gasteiger partial charge on any atom is -0.333 e. The lowest BCUT2D eigenvalue weighted by Gasteiger charge is -2.38. The van der Waals surface area contributed by atoms with Gasteiger partial charge >= 0.3 is 0 Å². The lowest BCUT2D eigenvalue weighted by molar-refractivity contribution is 0.0603. The molecule has 1 N–H and O–H groups in total. The number of carbonyl (C=O) groups is 1. The van der Waals surface area contributed by atoms with Gasteiger partial charge in [0.25, 0.3) is 5.91 Å². The highest BCUT2D eigenvalue weighted by atomic mass is 35.5. The number of nitrogens with one attached hydrogen (secondary N) is 1. The molecule has 7 heteroatoms. The predicted molar refractivity (Wildman–Crippen MR) is 114 cm³/mol. The Hall–Kier alpha value is -1.89. The van der Waals surface area contributed by atoms with Gasteiger partial charge in [-0.15, -0.1) is 12.4 Å². The van der Waals surface area contributed by atoms with Crippen molar-refractivity contribution in [3.05, 3.63) is 65.2 Å². The first-order valence-corrected chi connectivity index (χ1v) is 10.9. The molecule has 3 rings (SSSR count). The number of aryl methyl sites for hydroxylation is 1. The molecule has 28 heavy (non-hydrogen) atoms. The summed E-state index contributed by atoms with van der Waals surface area (Å²) in [6.07, 6.45) is 0. The van der Waals surface area contributed by atoms with E-state index in [-0.39, 0.29) is 36.2 Å². The van der Waals surface area contributed by atoms with Gasteiger partial charge in [-0.3, -0.25) is 4.79 Å². The van der Waals surface area contributed by atoms with Crippen LogP contribution in [0.15, 0.2) is 53.4 Å². The van der Waals surface area contributed by atoms with Crippen molar-refractivity contribution in [2.75, 3.05) is 13.1 Å². The van der Waals surface area contributed by atoms with Crippen molar-refractivity contribution in [2.45, 2.75) is 43.5 Å². The summed E-state index contributed by atoms with van der Waals surface area (Å²) in [5, 5.41) is 3.36. The van der Waals surface area contributed by atoms with Gasteiger partial charge in [-0.2, -0.15) is 0 Å². The van der Waals surface area contributed by atoms with Crippen molar-refractivity contribution in [3.63, 3.8) is 0 Å². The number of hydrogen-bond acceptors (Lipinski definition) is 4. The molecule has 1 amide bonds. The second-order valence-corrected chi connectivity index (χ2v) is 9.24. The highest BCUT2D eigenvalue weighted by Gasteiger charge is 2.28. The first-order chi connectivity index (χ1) is 12.8. The first-order valence-electron chi connectivity index (χ1n) is 9.20. The Labute approximate surface area is 173 Å². The van der Waals surface area contributed by atoms with Gasteiger partial charge in [-0.25, -0.2) is 8.42 Å². The largest absolute Gasteiger partial charge is 0.333 e. The van der Waals surface area contributed by atoms with Crippen molar-refractivity contribution in [3.8, 4) is 0 Å². The lowest BCUT2D eigenvalue weighted by Crippen LogP contribution is -2.57. The molecular formula is C21H27ClN2O3S. The molecule has 2 aromatic carbocycles. The summed E-state index contributed by atoms with van der Waals surface area (Å²) in [5.74, 6) is -0.0882. The second-order valence-electron chi connectivity index (χ2n) is 7.25. The molecule has 1 aliphatic heterocycles. The van der Waals surface area contributed by atoms with Crippen LogP contribution in [0.4, 0.5) is 0 Å². The zero-order valence-corrected chi connectivity index (χ0v) is 18.0. The standard InChI is InChI=1S/C21H26N2O3S.ClH/c1-15-4-10-20(11-5-15)27(25,26)14-18-6-8-19(9-7-18)21(24)23-13-12-22-16(2)17(23)3;/h4-11,16-17,22H,12-14H2,1-3H3;1H. The SMILES string of the molecule is Cc1ccc(S(=O)(=O)Cc2ccc(C(=O)N3CCNC(C)C3C)cc2)cc1.Cl. The van der Waals surface area contributed by atoms with Gasteiger partial charge in [0, 0.05) is 30.7 Å². The number of piperazine rings is 1. The second kappa shape index (κ2) is 9.07. The molecule has 0 aliphatic carbocycles. The highest BCUT2D eigenvalue weighted by Crippen LogP contribution is 2.19. The van der Waals surface area contributed by atoms with Crippen LogP contribution < -0.4 is 5.32 Å². The fourth-order valence-electron chi connectivity index (χ4n) is 3.30. The molecule has 2 unspecified atom stereocenters. The van der Waals surface area contributed by atoms with Crippen LogP contribution in [0.3, 0.4) is 0 Å². The van der Waals surface area contributed by atoms with Crippen molar-refractivity contribution < 1.29 is 13.2 Å². The average molecular weight is 423 g/mol. The Morgan fingerprint density at radius 2 is 1.68 bits per heavy atom. The number of sulfone groups is 1. The third-order valence-corrected chi connectivity index (χ3v) is 6.94. The monoisotopic (exact) mass is 422 g/mol. The minimum absolute atomic E-state index is 0. The summed E-state index contributed by atoms with van der Waals surface area (Å²) in [5.41, 5.74) is 2.29. The van der Waals surface area contributed by atoms with Crippen LogP contribution >= 0.6 is 12.4 Å². The third-order valence-electron chi connectivity index (χ3n) is 5.23. The van der Waals surface area contributed by atoms with Crippen LogP contribution in [-0.2, 0) is 15.6 Å². The Morgan fingerprint density at radius 1 is 1.07 bits per heavy atom. The zero-order valence-electron chi connectivity index (χ0n) is 16.4. The molecule has 1 fully saturated rings. The molecule has 5 nitrogen and oxygen atoms in total. The zero-order chi connectivity index (χ0) is 19.6. The van der Waals surface area contributed by atoms with Crippen molar-refractivity contribution in [1.29, 1.82) is 0 Å². The summed E-state index contributed by atoms with van der Waals surface area (Å²) >= 11 is 0. The maximum atomic E-state index is 12.8. The van der Waals surface area contributed by atoms with Crippen LogP contribution in [0.5, 0.6) is 0 Å². The third kappa shape index (κ3) is 4.93. The van der Waals surface area contributed by atoms with E-state index in [1.165, 1.54) is 0 Å². The lowest BCUT2D eigenvalue weighted by atomic mass is 10.0. The maximum Gasteiger partial charge on any atom is 0.254 e. The summed E-state index contributed by atoms with van der Waals surface area (Å²) in [7, 11) is -3.40. The Balaban J connectivity index is 0.00000280. The number of rotatable bonds is 4. The fourth-order valence-corrected chi connectivity index (χ4v) is 4.65. The quantitative estimate of drug-likeness (QED) is 0.821. The van der Waals surface area contributed by atoms with Gasteiger partial charge in [0.05, 0.1) is 10.6 Å². The molecular weight excluding hydrogens is 396 g/mol. The van der Waals surface area contributed by atoms with E-state index in [1.807, 2.05) is 18.7 Å². The van der Waals surface area contributed by atoms with Gasteiger partial charge in [0.15, 0.2) is 9.84 Å². The maximum absolute atomic E-state index is 12.8. The molecule has 0 aromatic heterocycles. The predicted octanol–water partition coefficient (Wildman–Crippen LogP) is 3.21. The van der Waals surface area contributed by atoms with E-state index in [0.29, 0.717) is 22.6 Å². The molecule has 152 valence electrons. The van der Waals surface area contributed by atoms with Gasteiger partial charge in [-0.05, 0) is 50.6 Å². The smallest absolute Gasteiger partial charge is 0.254 e. The normalized spacial score (nSPS) is 19.8. The van der Waals surface area contributed by atoms with E-state index < -0.39 is 9.84 Å². The highest BCUT2D eigenvalue weighted by molar-refractivity contribution is 7.90. The molecule has 0 radical (unpaired) electrons. The Morgan fingerprint density at radius 3 is 2.29 bits per heavy atom. The van der Waals surface area contributed by atoms with E-state index in [1.54, 1.807) is 48.5 Å². The van der Waals surface area contributed by atoms with Crippen LogP contribution in [0, 0.1) is 6.92 Å². The van der Waals surface area contributed by atoms with Gasteiger partial charge < -0.3 is 10.2 Å². The van der Waals surface area contributed by atoms with Crippen molar-refractivity contribution in [2.24, 2.45) is 0 Å². The number of benzene rings is 2. The summed E-state index contributed by atoms with van der Waals surface area (Å²) in [6, 6.07) is 14.1. The van der Waals surface area contributed by atoms with E-state index in [2.05, 4.69) is 12.2 Å². The Bertz CT molecular complexity index is 912. The van der Waals surface area contributed by atoms with E-state index in [0.717, 1.165) is 12.1 Å².